The Kier molecular flexibility index (Phi) is 3.42. The number of fused-ring (bicyclic) bond motifs is 1. The molecule has 96 valence electrons. The molecular weight excluding hydrogens is 252 g/mol. The third-order valence-electron chi connectivity index (χ3n) is 4.79. The second-order valence-corrected chi connectivity index (χ2v) is 8.96. The van der Waals surface area contributed by atoms with Crippen molar-refractivity contribution in [1.29, 1.82) is 0 Å². The number of hydrogen-bond acceptors (Lipinski definition) is 1. The number of hydrogen-bond donors (Lipinski definition) is 0. The van der Waals surface area contributed by atoms with E-state index in [2.05, 4.69) is 62.5 Å². The van der Waals surface area contributed by atoms with E-state index in [4.69, 9.17) is 0 Å². The van der Waals surface area contributed by atoms with Gasteiger partial charge in [-0.3, -0.25) is 0 Å². The fourth-order valence-electron chi connectivity index (χ4n) is 3.98. The van der Waals surface area contributed by atoms with Crippen LogP contribution in [0.3, 0.4) is 0 Å². The second kappa shape index (κ2) is 4.90. The standard InChI is InChI=1S/C16H22SSi/c1-10-9-13-14(12-7-5-4-6-8-12)11(2)17-15(13)16(10)18-3/h4-8,10,13,15-16H,9,18H2,1-3H3. The summed E-state index contributed by atoms with van der Waals surface area (Å²) >= 11 is 2.19. The Morgan fingerprint density at radius 1 is 1.22 bits per heavy atom. The van der Waals surface area contributed by atoms with Crippen LogP contribution in [-0.2, 0) is 0 Å². The molecule has 0 nitrogen and oxygen atoms in total. The normalized spacial score (nSPS) is 35.7. The van der Waals surface area contributed by atoms with E-state index in [1.54, 1.807) is 10.5 Å². The van der Waals surface area contributed by atoms with Crippen LogP contribution in [0.1, 0.15) is 25.8 Å². The minimum absolute atomic E-state index is 0.120. The Bertz CT molecular complexity index is 465. The molecule has 0 radical (unpaired) electrons. The fourth-order valence-corrected chi connectivity index (χ4v) is 8.30. The lowest BCUT2D eigenvalue weighted by molar-refractivity contribution is 0.588. The summed E-state index contributed by atoms with van der Waals surface area (Å²) in [7, 11) is 0.120. The zero-order chi connectivity index (χ0) is 12.7. The molecule has 18 heavy (non-hydrogen) atoms. The third kappa shape index (κ3) is 1.90. The third-order valence-corrected chi connectivity index (χ3v) is 8.92. The minimum Gasteiger partial charge on any atom is -0.127 e. The maximum absolute atomic E-state index is 2.50. The van der Waals surface area contributed by atoms with Crippen LogP contribution in [0.15, 0.2) is 35.2 Å². The zero-order valence-electron chi connectivity index (χ0n) is 11.5. The lowest BCUT2D eigenvalue weighted by Gasteiger charge is -2.19. The van der Waals surface area contributed by atoms with Gasteiger partial charge in [-0.15, -0.1) is 11.8 Å². The molecule has 0 amide bonds. The van der Waals surface area contributed by atoms with Gasteiger partial charge in [0.05, 0.1) is 0 Å². The van der Waals surface area contributed by atoms with Crippen molar-refractivity contribution < 1.29 is 0 Å². The van der Waals surface area contributed by atoms with Gasteiger partial charge in [-0.05, 0) is 46.8 Å². The van der Waals surface area contributed by atoms with Gasteiger partial charge in [0, 0.05) is 14.8 Å². The predicted octanol–water partition coefficient (Wildman–Crippen LogP) is 4.19. The molecule has 1 heterocycles. The van der Waals surface area contributed by atoms with Crippen molar-refractivity contribution in [3.63, 3.8) is 0 Å². The highest BCUT2D eigenvalue weighted by molar-refractivity contribution is 8.04. The van der Waals surface area contributed by atoms with Crippen LogP contribution >= 0.6 is 11.8 Å². The van der Waals surface area contributed by atoms with Gasteiger partial charge in [0.2, 0.25) is 0 Å². The largest absolute Gasteiger partial charge is 0.127 e. The number of benzene rings is 1. The summed E-state index contributed by atoms with van der Waals surface area (Å²) < 4.78 is 0. The summed E-state index contributed by atoms with van der Waals surface area (Å²) in [6.45, 7) is 7.32. The molecule has 1 aromatic carbocycles. The van der Waals surface area contributed by atoms with Gasteiger partial charge in [0.1, 0.15) is 0 Å². The zero-order valence-corrected chi connectivity index (χ0v) is 13.7. The Labute approximate surface area is 117 Å². The van der Waals surface area contributed by atoms with Gasteiger partial charge in [0.15, 0.2) is 0 Å². The summed E-state index contributed by atoms with van der Waals surface area (Å²) in [6, 6.07) is 11.1. The molecule has 2 aliphatic rings. The molecule has 2 heteroatoms. The van der Waals surface area contributed by atoms with Crippen LogP contribution in [0.5, 0.6) is 0 Å². The van der Waals surface area contributed by atoms with Crippen LogP contribution in [0.25, 0.3) is 5.57 Å². The van der Waals surface area contributed by atoms with E-state index in [0.29, 0.717) is 0 Å². The van der Waals surface area contributed by atoms with Gasteiger partial charge in [-0.25, -0.2) is 0 Å². The Morgan fingerprint density at radius 3 is 2.61 bits per heavy atom. The molecule has 0 saturated heterocycles. The van der Waals surface area contributed by atoms with E-state index in [1.165, 1.54) is 12.0 Å². The topological polar surface area (TPSA) is 0 Å². The maximum Gasteiger partial charge on any atom is 0.0219 e. The quantitative estimate of drug-likeness (QED) is 0.729. The number of allylic oxidation sites excluding steroid dienone is 2. The summed E-state index contributed by atoms with van der Waals surface area (Å²) in [5, 5.41) is 0.909. The van der Waals surface area contributed by atoms with Crippen molar-refractivity contribution in [2.45, 2.75) is 37.6 Å². The first-order chi connectivity index (χ1) is 8.72. The molecule has 0 bridgehead atoms. The van der Waals surface area contributed by atoms with E-state index in [-0.39, 0.29) is 9.52 Å². The van der Waals surface area contributed by atoms with Crippen molar-refractivity contribution in [2.75, 3.05) is 0 Å². The van der Waals surface area contributed by atoms with E-state index in [9.17, 15) is 0 Å². The smallest absolute Gasteiger partial charge is 0.0219 e. The highest BCUT2D eigenvalue weighted by Gasteiger charge is 2.46. The van der Waals surface area contributed by atoms with E-state index >= 15 is 0 Å². The molecule has 1 aliphatic carbocycles. The summed E-state index contributed by atoms with van der Waals surface area (Å²) in [5.74, 6) is 1.79. The Morgan fingerprint density at radius 2 is 1.94 bits per heavy atom. The SMILES string of the molecule is C[SiH2]C1C(C)CC2C(c3ccccc3)=C(C)SC21. The maximum atomic E-state index is 2.50. The van der Waals surface area contributed by atoms with E-state index in [0.717, 1.165) is 22.6 Å². The van der Waals surface area contributed by atoms with Crippen molar-refractivity contribution in [3.8, 4) is 0 Å². The fraction of sp³-hybridized carbons (Fsp3) is 0.500. The molecule has 1 aliphatic heterocycles. The Hall–Kier alpha value is -0.473. The molecule has 1 saturated carbocycles. The Balaban J connectivity index is 1.95. The first-order valence-corrected chi connectivity index (χ1v) is 10.3. The van der Waals surface area contributed by atoms with Gasteiger partial charge in [-0.1, -0.05) is 43.8 Å². The molecule has 4 unspecified atom stereocenters. The van der Waals surface area contributed by atoms with Crippen LogP contribution in [-0.4, -0.2) is 14.8 Å². The summed E-state index contributed by atoms with van der Waals surface area (Å²) in [6.07, 6.45) is 1.42. The van der Waals surface area contributed by atoms with Crippen molar-refractivity contribution in [1.82, 2.24) is 0 Å². The molecule has 4 atom stereocenters. The van der Waals surface area contributed by atoms with Gasteiger partial charge in [-0.2, -0.15) is 0 Å². The minimum atomic E-state index is 0.120. The van der Waals surface area contributed by atoms with Crippen LogP contribution < -0.4 is 0 Å². The predicted molar refractivity (Wildman–Crippen MR) is 85.8 cm³/mol. The van der Waals surface area contributed by atoms with Crippen LogP contribution in [0.4, 0.5) is 0 Å². The molecular formula is C16H22SSi. The first kappa shape index (κ1) is 12.6. The average molecular weight is 275 g/mol. The summed E-state index contributed by atoms with van der Waals surface area (Å²) in [4.78, 5) is 1.59. The molecule has 3 rings (SSSR count). The highest BCUT2D eigenvalue weighted by Crippen LogP contribution is 2.59. The van der Waals surface area contributed by atoms with E-state index < -0.39 is 0 Å². The van der Waals surface area contributed by atoms with Gasteiger partial charge < -0.3 is 0 Å². The van der Waals surface area contributed by atoms with Crippen molar-refractivity contribution in [2.24, 2.45) is 11.8 Å². The van der Waals surface area contributed by atoms with Crippen molar-refractivity contribution >= 4 is 26.9 Å². The first-order valence-electron chi connectivity index (χ1n) is 7.15. The second-order valence-electron chi connectivity index (χ2n) is 5.81. The van der Waals surface area contributed by atoms with Gasteiger partial charge >= 0.3 is 0 Å². The monoisotopic (exact) mass is 274 g/mol. The molecule has 1 aromatic rings. The number of rotatable bonds is 2. The number of thioether (sulfide) groups is 1. The lowest BCUT2D eigenvalue weighted by atomic mass is 9.90. The van der Waals surface area contributed by atoms with Gasteiger partial charge in [0.25, 0.3) is 0 Å². The summed E-state index contributed by atoms with van der Waals surface area (Å²) in [5.41, 5.74) is 4.19. The average Bonchev–Trinajstić information content (AvgIpc) is 2.83. The molecule has 0 N–H and O–H groups in total. The van der Waals surface area contributed by atoms with Crippen LogP contribution in [0.2, 0.25) is 12.1 Å². The molecule has 0 aromatic heterocycles. The van der Waals surface area contributed by atoms with Crippen molar-refractivity contribution in [3.05, 3.63) is 40.8 Å². The highest BCUT2D eigenvalue weighted by atomic mass is 32.2. The molecule has 0 spiro atoms. The van der Waals surface area contributed by atoms with E-state index in [1.807, 2.05) is 0 Å². The lowest BCUT2D eigenvalue weighted by Crippen LogP contribution is -2.15. The van der Waals surface area contributed by atoms with Crippen LogP contribution in [0, 0.1) is 11.8 Å². The molecule has 1 fully saturated rings.